The van der Waals surface area contributed by atoms with Crippen molar-refractivity contribution in [3.63, 3.8) is 0 Å². The Bertz CT molecular complexity index is 843. The topological polar surface area (TPSA) is 80.5 Å². The Labute approximate surface area is 163 Å². The van der Waals surface area contributed by atoms with Crippen molar-refractivity contribution in [3.8, 4) is 0 Å². The summed E-state index contributed by atoms with van der Waals surface area (Å²) in [6.07, 6.45) is -0.201. The van der Waals surface area contributed by atoms with Crippen LogP contribution in [0.1, 0.15) is 36.6 Å². The van der Waals surface area contributed by atoms with E-state index in [0.717, 1.165) is 11.1 Å². The highest BCUT2D eigenvalue weighted by molar-refractivity contribution is 6.08. The minimum absolute atomic E-state index is 0.156. The molecule has 0 fully saturated rings. The fourth-order valence-corrected chi connectivity index (χ4v) is 3.59. The number of hydrogen-bond donors (Lipinski definition) is 1. The van der Waals surface area contributed by atoms with Gasteiger partial charge >= 0.3 is 5.97 Å². The molecule has 0 saturated heterocycles. The zero-order valence-electron chi connectivity index (χ0n) is 15.6. The second-order valence-corrected chi connectivity index (χ2v) is 7.25. The van der Waals surface area contributed by atoms with E-state index in [1.807, 2.05) is 60.7 Å². The number of rotatable bonds is 6. The highest BCUT2D eigenvalue weighted by Gasteiger charge is 2.47. The Kier molecular flexibility index (Phi) is 4.86. The summed E-state index contributed by atoms with van der Waals surface area (Å²) in [4.78, 5) is 21.0. The molecule has 28 heavy (non-hydrogen) atoms. The molecule has 2 heterocycles. The maximum absolute atomic E-state index is 11.6. The average Bonchev–Trinajstić information content (AvgIpc) is 3.39. The summed E-state index contributed by atoms with van der Waals surface area (Å²) in [6.45, 7) is 2.54. The molecule has 0 spiro atoms. The van der Waals surface area contributed by atoms with E-state index in [9.17, 15) is 9.90 Å². The number of carbonyl (C=O) groups is 1. The molecule has 0 bridgehead atoms. The van der Waals surface area contributed by atoms with Gasteiger partial charge in [0.1, 0.15) is 30.7 Å². The van der Waals surface area contributed by atoms with Gasteiger partial charge in [0.05, 0.1) is 6.42 Å². The first-order valence-corrected chi connectivity index (χ1v) is 9.30. The minimum Gasteiger partial charge on any atom is -0.481 e. The van der Waals surface area contributed by atoms with Gasteiger partial charge in [-0.15, -0.1) is 0 Å². The molecule has 0 saturated carbocycles. The van der Waals surface area contributed by atoms with Crippen molar-refractivity contribution in [3.05, 3.63) is 71.8 Å². The van der Waals surface area contributed by atoms with E-state index in [1.54, 1.807) is 6.92 Å². The number of aliphatic imine (C=N–C) groups is 2. The van der Waals surface area contributed by atoms with Crippen LogP contribution in [0, 0.1) is 5.41 Å². The molecule has 0 radical (unpaired) electrons. The maximum Gasteiger partial charge on any atom is 0.304 e. The molecular weight excluding hydrogens is 356 g/mol. The van der Waals surface area contributed by atoms with Crippen molar-refractivity contribution < 1.29 is 19.4 Å². The fourth-order valence-electron chi connectivity index (χ4n) is 3.59. The van der Waals surface area contributed by atoms with Crippen LogP contribution in [0.3, 0.4) is 0 Å². The van der Waals surface area contributed by atoms with Gasteiger partial charge in [-0.05, 0) is 18.1 Å². The van der Waals surface area contributed by atoms with Crippen molar-refractivity contribution in [2.45, 2.75) is 25.4 Å². The smallest absolute Gasteiger partial charge is 0.304 e. The molecule has 0 aromatic heterocycles. The van der Waals surface area contributed by atoms with Crippen LogP contribution in [-0.4, -0.2) is 36.1 Å². The molecule has 144 valence electrons. The number of benzene rings is 2. The number of aliphatic carboxylic acids is 1. The summed E-state index contributed by atoms with van der Waals surface area (Å²) in [7, 11) is 0. The first kappa shape index (κ1) is 18.2. The molecule has 0 aliphatic carbocycles. The lowest BCUT2D eigenvalue weighted by molar-refractivity contribution is -0.138. The van der Waals surface area contributed by atoms with Crippen LogP contribution >= 0.6 is 0 Å². The molecule has 4 rings (SSSR count). The van der Waals surface area contributed by atoms with Gasteiger partial charge in [0.25, 0.3) is 0 Å². The van der Waals surface area contributed by atoms with Gasteiger partial charge in [0, 0.05) is 0 Å². The third-order valence-electron chi connectivity index (χ3n) is 5.12. The summed E-state index contributed by atoms with van der Waals surface area (Å²) in [5.41, 5.74) is 1.03. The largest absolute Gasteiger partial charge is 0.481 e. The van der Waals surface area contributed by atoms with Gasteiger partial charge in [0.15, 0.2) is 11.8 Å². The summed E-state index contributed by atoms with van der Waals surface area (Å²) in [6, 6.07) is 19.4. The average molecular weight is 378 g/mol. The lowest BCUT2D eigenvalue weighted by atomic mass is 9.86. The van der Waals surface area contributed by atoms with Crippen molar-refractivity contribution >= 4 is 17.8 Å². The molecule has 2 aromatic rings. The summed E-state index contributed by atoms with van der Waals surface area (Å²) >= 11 is 0. The van der Waals surface area contributed by atoms with Crippen LogP contribution in [-0.2, 0) is 14.3 Å². The Morgan fingerprint density at radius 1 is 0.929 bits per heavy atom. The summed E-state index contributed by atoms with van der Waals surface area (Å²) in [5, 5.41) is 9.51. The standard InChI is InChI=1S/C22H22N2O4/c1-22(12-19(25)26,20-23-17(13-27-20)15-8-4-2-5-9-15)21-24-18(14-28-21)16-10-6-3-7-11-16/h2-11,17-18H,12-14H2,1H3,(H,25,26)/t17-,18-/m0/s1. The van der Waals surface area contributed by atoms with Crippen LogP contribution in [0.15, 0.2) is 70.6 Å². The predicted octanol–water partition coefficient (Wildman–Crippen LogP) is 3.81. The first-order valence-electron chi connectivity index (χ1n) is 9.30. The molecule has 0 unspecified atom stereocenters. The van der Waals surface area contributed by atoms with Crippen molar-refractivity contribution in [1.29, 1.82) is 0 Å². The van der Waals surface area contributed by atoms with Crippen LogP contribution in [0.5, 0.6) is 0 Å². The van der Waals surface area contributed by atoms with Crippen LogP contribution in [0.4, 0.5) is 0 Å². The van der Waals surface area contributed by atoms with Crippen molar-refractivity contribution in [2.24, 2.45) is 15.4 Å². The predicted molar refractivity (Wildman–Crippen MR) is 105 cm³/mol. The number of hydrogen-bond acceptors (Lipinski definition) is 5. The van der Waals surface area contributed by atoms with Gasteiger partial charge in [-0.1, -0.05) is 60.7 Å². The Morgan fingerprint density at radius 2 is 1.36 bits per heavy atom. The molecule has 2 aliphatic rings. The van der Waals surface area contributed by atoms with Crippen molar-refractivity contribution in [2.75, 3.05) is 13.2 Å². The van der Waals surface area contributed by atoms with Crippen LogP contribution < -0.4 is 0 Å². The molecule has 2 aromatic carbocycles. The van der Waals surface area contributed by atoms with E-state index in [2.05, 4.69) is 0 Å². The molecule has 2 aliphatic heterocycles. The Hall–Kier alpha value is -3.15. The van der Waals surface area contributed by atoms with E-state index < -0.39 is 11.4 Å². The molecule has 0 amide bonds. The zero-order valence-corrected chi connectivity index (χ0v) is 15.6. The minimum atomic E-state index is -1.04. The third-order valence-corrected chi connectivity index (χ3v) is 5.12. The van der Waals surface area contributed by atoms with Gasteiger partial charge < -0.3 is 14.6 Å². The molecule has 6 heteroatoms. The lowest BCUT2D eigenvalue weighted by Gasteiger charge is -2.25. The third kappa shape index (κ3) is 3.50. The van der Waals surface area contributed by atoms with Crippen molar-refractivity contribution in [1.82, 2.24) is 0 Å². The molecule has 2 atom stereocenters. The highest BCUT2D eigenvalue weighted by Crippen LogP contribution is 2.38. The number of ether oxygens (including phenoxy) is 2. The van der Waals surface area contributed by atoms with Gasteiger partial charge in [-0.3, -0.25) is 4.79 Å². The number of nitrogens with zero attached hydrogens (tertiary/aromatic N) is 2. The second kappa shape index (κ2) is 7.46. The van der Waals surface area contributed by atoms with E-state index >= 15 is 0 Å². The van der Waals surface area contributed by atoms with E-state index in [-0.39, 0.29) is 18.5 Å². The Morgan fingerprint density at radius 3 is 1.75 bits per heavy atom. The van der Waals surface area contributed by atoms with E-state index in [4.69, 9.17) is 19.5 Å². The second-order valence-electron chi connectivity index (χ2n) is 7.25. The highest BCUT2D eigenvalue weighted by atomic mass is 16.5. The maximum atomic E-state index is 11.6. The van der Waals surface area contributed by atoms with Gasteiger partial charge in [-0.25, -0.2) is 9.98 Å². The summed E-state index contributed by atoms with van der Waals surface area (Å²) in [5.74, 6) is -0.209. The van der Waals surface area contributed by atoms with E-state index in [1.165, 1.54) is 0 Å². The SMILES string of the molecule is CC(CC(=O)O)(C1=N[C@H](c2ccccc2)CO1)C1=N[C@H](c2ccccc2)CO1. The fraction of sp³-hybridized carbons (Fsp3) is 0.318. The number of carboxylic acids is 1. The van der Waals surface area contributed by atoms with E-state index in [0.29, 0.717) is 25.0 Å². The summed E-state index contributed by atoms with van der Waals surface area (Å²) < 4.78 is 11.7. The quantitative estimate of drug-likeness (QED) is 0.829. The molecule has 6 nitrogen and oxygen atoms in total. The number of carboxylic acid groups (broad SMARTS) is 1. The normalized spacial score (nSPS) is 21.5. The molecule has 1 N–H and O–H groups in total. The van der Waals surface area contributed by atoms with Gasteiger partial charge in [-0.2, -0.15) is 0 Å². The van der Waals surface area contributed by atoms with Gasteiger partial charge in [0.2, 0.25) is 0 Å². The van der Waals surface area contributed by atoms with Crippen LogP contribution in [0.2, 0.25) is 0 Å². The zero-order chi connectivity index (χ0) is 19.6. The monoisotopic (exact) mass is 378 g/mol. The Balaban J connectivity index is 1.65. The molecular formula is C22H22N2O4. The van der Waals surface area contributed by atoms with Crippen LogP contribution in [0.25, 0.3) is 0 Å². The first-order chi connectivity index (χ1) is 13.6. The lowest BCUT2D eigenvalue weighted by Crippen LogP contribution is -2.39.